The molecule has 1 aliphatic rings. The van der Waals surface area contributed by atoms with Gasteiger partial charge in [-0.1, -0.05) is 41.5 Å². The molecule has 224 valence electrons. The molecule has 0 spiro atoms. The first kappa shape index (κ1) is 32.6. The lowest BCUT2D eigenvalue weighted by Gasteiger charge is -2.35. The monoisotopic (exact) mass is 580 g/mol. The van der Waals surface area contributed by atoms with Gasteiger partial charge in [-0.2, -0.15) is 10.4 Å². The molecule has 0 aromatic carbocycles. The summed E-state index contributed by atoms with van der Waals surface area (Å²) in [5.41, 5.74) is -1.41. The van der Waals surface area contributed by atoms with Gasteiger partial charge >= 0.3 is 17.9 Å². The van der Waals surface area contributed by atoms with Crippen LogP contribution in [0.2, 0.25) is 0 Å². The number of rotatable bonds is 10. The molecule has 15 heteroatoms. The topological polar surface area (TPSA) is 158 Å². The van der Waals surface area contributed by atoms with Crippen LogP contribution in [0.4, 0.5) is 5.82 Å². The maximum Gasteiger partial charge on any atom is 0.308 e. The molecule has 3 rings (SSSR count). The number of aromatic nitrogens is 3. The van der Waals surface area contributed by atoms with Crippen molar-refractivity contribution in [2.24, 2.45) is 22.7 Å². The second-order valence-corrected chi connectivity index (χ2v) is 11.9. The van der Waals surface area contributed by atoms with Gasteiger partial charge in [0.1, 0.15) is 24.0 Å². The molecule has 0 saturated carbocycles. The standard InChI is InChI=1S/C27H38B2N6O7/c1-14(2)23(36)39-19-20(40-24(37)15(3)4)26(11-30,41-21(19)27(28,29)42-25(38)16(5)6)18-10-9-17-22(32-13-34(7)8)31-12-33-35(17)18/h9-10,12-16,19-21H,28-29H2,1-8H3/b32-13-/t19-,20+,21?,26-/m0/s1. The molecule has 42 heavy (non-hydrogen) atoms. The molecule has 1 fully saturated rings. The van der Waals surface area contributed by atoms with Gasteiger partial charge in [0.15, 0.2) is 33.7 Å². The Kier molecular flexibility index (Phi) is 9.72. The van der Waals surface area contributed by atoms with Crippen molar-refractivity contribution in [2.75, 3.05) is 14.1 Å². The molecule has 1 aliphatic heterocycles. The van der Waals surface area contributed by atoms with Gasteiger partial charge in [-0.3, -0.25) is 14.4 Å². The Morgan fingerprint density at radius 2 is 1.69 bits per heavy atom. The molecular formula is C27H38B2N6O7. The van der Waals surface area contributed by atoms with Crippen LogP contribution in [0.5, 0.6) is 0 Å². The minimum absolute atomic E-state index is 0.185. The summed E-state index contributed by atoms with van der Waals surface area (Å²) < 4.78 is 25.6. The molecule has 0 radical (unpaired) electrons. The summed E-state index contributed by atoms with van der Waals surface area (Å²) >= 11 is 0. The quantitative estimate of drug-likeness (QED) is 0.125. The van der Waals surface area contributed by atoms with Crippen LogP contribution >= 0.6 is 0 Å². The highest BCUT2D eigenvalue weighted by Gasteiger charge is 2.66. The highest BCUT2D eigenvalue weighted by Crippen LogP contribution is 2.46. The normalized spacial score (nSPS) is 22.6. The predicted molar refractivity (Wildman–Crippen MR) is 157 cm³/mol. The zero-order chi connectivity index (χ0) is 31.6. The maximum atomic E-state index is 13.1. The molecule has 3 heterocycles. The molecule has 0 N–H and O–H groups in total. The fourth-order valence-corrected chi connectivity index (χ4v) is 4.33. The molecule has 1 unspecified atom stereocenters. The van der Waals surface area contributed by atoms with Crippen molar-refractivity contribution in [1.82, 2.24) is 19.5 Å². The lowest BCUT2D eigenvalue weighted by Crippen LogP contribution is -2.55. The number of hydrogen-bond acceptors (Lipinski definition) is 11. The first-order chi connectivity index (χ1) is 19.6. The van der Waals surface area contributed by atoms with Gasteiger partial charge in [0.05, 0.1) is 35.2 Å². The Balaban J connectivity index is 2.29. The van der Waals surface area contributed by atoms with E-state index in [4.69, 9.17) is 18.9 Å². The second-order valence-electron chi connectivity index (χ2n) is 11.9. The van der Waals surface area contributed by atoms with Crippen LogP contribution < -0.4 is 0 Å². The van der Waals surface area contributed by atoms with Crippen molar-refractivity contribution in [3.63, 3.8) is 0 Å². The van der Waals surface area contributed by atoms with Gasteiger partial charge in [-0.15, -0.1) is 0 Å². The Morgan fingerprint density at radius 1 is 1.10 bits per heavy atom. The van der Waals surface area contributed by atoms with E-state index >= 15 is 0 Å². The minimum Gasteiger partial charge on any atom is -0.475 e. The number of hydrogen-bond donors (Lipinski definition) is 0. The van der Waals surface area contributed by atoms with Gasteiger partial charge < -0.3 is 23.8 Å². The van der Waals surface area contributed by atoms with Crippen LogP contribution in [0.3, 0.4) is 0 Å². The number of fused-ring (bicyclic) bond motifs is 1. The van der Waals surface area contributed by atoms with E-state index in [9.17, 15) is 19.6 Å². The number of carbonyl (C=O) groups excluding carboxylic acids is 3. The average Bonchev–Trinajstić information content (AvgIpc) is 3.48. The summed E-state index contributed by atoms with van der Waals surface area (Å²) in [4.78, 5) is 49.1. The molecule has 2 aromatic heterocycles. The number of aliphatic imine (C=N–C) groups is 1. The first-order valence-corrected chi connectivity index (χ1v) is 13.8. The van der Waals surface area contributed by atoms with E-state index in [-0.39, 0.29) is 5.69 Å². The molecule has 1 saturated heterocycles. The molecule has 0 aliphatic carbocycles. The third-order valence-corrected chi connectivity index (χ3v) is 6.66. The summed E-state index contributed by atoms with van der Waals surface area (Å²) in [6, 6.07) is 5.44. The van der Waals surface area contributed by atoms with Crippen molar-refractivity contribution in [1.29, 1.82) is 5.26 Å². The summed E-state index contributed by atoms with van der Waals surface area (Å²) in [6.07, 6.45) is -1.15. The van der Waals surface area contributed by atoms with Crippen LogP contribution in [0.15, 0.2) is 23.5 Å². The zero-order valence-corrected chi connectivity index (χ0v) is 25.8. The van der Waals surface area contributed by atoms with Gasteiger partial charge in [0.25, 0.3) is 0 Å². The average molecular weight is 580 g/mol. The van der Waals surface area contributed by atoms with Gasteiger partial charge in [0.2, 0.25) is 5.60 Å². The largest absolute Gasteiger partial charge is 0.475 e. The van der Waals surface area contributed by atoms with Crippen LogP contribution in [0, 0.1) is 29.1 Å². The Bertz CT molecular complexity index is 1400. The Hall–Kier alpha value is -3.92. The number of nitrogens with zero attached hydrogens (tertiary/aromatic N) is 6. The van der Waals surface area contributed by atoms with Crippen molar-refractivity contribution >= 4 is 51.3 Å². The zero-order valence-electron chi connectivity index (χ0n) is 25.8. The molecule has 13 nitrogen and oxygen atoms in total. The SMILES string of the molecule is BC(B)(OC(=O)C(C)C)C1O[C@@](C#N)(c2ccc3c(/N=C\N(C)C)ncnn23)[C@H](OC(=O)C(C)C)[C@@H]1OC(=O)C(C)C. The number of ether oxygens (including phenoxy) is 4. The van der Waals surface area contributed by atoms with E-state index in [2.05, 4.69) is 21.1 Å². The van der Waals surface area contributed by atoms with Crippen LogP contribution in [0.25, 0.3) is 5.52 Å². The van der Waals surface area contributed by atoms with Crippen molar-refractivity contribution < 1.29 is 33.3 Å². The summed E-state index contributed by atoms with van der Waals surface area (Å²) in [5, 5.41) is 13.7. The predicted octanol–water partition coefficient (Wildman–Crippen LogP) is 0.323. The number of nitriles is 1. The Morgan fingerprint density at radius 3 is 2.24 bits per heavy atom. The molecular weight excluding hydrogens is 542 g/mol. The highest BCUT2D eigenvalue weighted by molar-refractivity contribution is 6.40. The van der Waals surface area contributed by atoms with Gasteiger partial charge in [0, 0.05) is 14.1 Å². The third-order valence-electron chi connectivity index (χ3n) is 6.66. The second kappa shape index (κ2) is 12.5. The summed E-state index contributed by atoms with van der Waals surface area (Å²) in [7, 11) is 6.80. The molecule has 4 atom stereocenters. The minimum atomic E-state index is -2.04. The molecule has 0 amide bonds. The lowest BCUT2D eigenvalue weighted by molar-refractivity contribution is -0.175. The van der Waals surface area contributed by atoms with Crippen LogP contribution in [-0.4, -0.2) is 97.2 Å². The van der Waals surface area contributed by atoms with E-state index in [0.29, 0.717) is 11.3 Å². The first-order valence-electron chi connectivity index (χ1n) is 13.8. The fraction of sp³-hybridized carbons (Fsp3) is 0.593. The summed E-state index contributed by atoms with van der Waals surface area (Å²) in [5.74, 6) is -3.05. The lowest BCUT2D eigenvalue weighted by atomic mass is 9.60. The smallest absolute Gasteiger partial charge is 0.308 e. The van der Waals surface area contributed by atoms with E-state index in [1.165, 1.54) is 10.8 Å². The van der Waals surface area contributed by atoms with E-state index in [1.807, 2.05) is 14.1 Å². The number of carbonyl (C=O) groups is 3. The summed E-state index contributed by atoms with van der Waals surface area (Å²) in [6.45, 7) is 9.94. The van der Waals surface area contributed by atoms with Crippen LogP contribution in [0.1, 0.15) is 47.2 Å². The maximum absolute atomic E-state index is 13.1. The third kappa shape index (κ3) is 6.43. The fourth-order valence-electron chi connectivity index (χ4n) is 4.33. The van der Waals surface area contributed by atoms with Gasteiger partial charge in [-0.05, 0) is 12.1 Å². The van der Waals surface area contributed by atoms with E-state index in [0.717, 1.165) is 0 Å². The van der Waals surface area contributed by atoms with Crippen molar-refractivity contribution in [3.05, 3.63) is 24.2 Å². The Labute approximate surface area is 247 Å². The molecule has 2 aromatic rings. The van der Waals surface area contributed by atoms with Crippen molar-refractivity contribution in [3.8, 4) is 6.07 Å². The van der Waals surface area contributed by atoms with E-state index < -0.39 is 65.0 Å². The highest BCUT2D eigenvalue weighted by atomic mass is 16.7. The van der Waals surface area contributed by atoms with Gasteiger partial charge in [-0.25, -0.2) is 14.5 Å². The number of esters is 3. The van der Waals surface area contributed by atoms with E-state index in [1.54, 1.807) is 80.6 Å². The van der Waals surface area contributed by atoms with Crippen LogP contribution in [-0.2, 0) is 38.9 Å². The molecule has 0 bridgehead atoms. The van der Waals surface area contributed by atoms with Crippen molar-refractivity contribution in [2.45, 2.75) is 70.9 Å².